The normalized spacial score (nSPS) is 8.18. The second kappa shape index (κ2) is 10.6. The molecule has 0 fully saturated rings. The van der Waals surface area contributed by atoms with E-state index in [0.717, 1.165) is 5.75 Å². The summed E-state index contributed by atoms with van der Waals surface area (Å²) in [5, 5.41) is 2.47. The van der Waals surface area contributed by atoms with Crippen molar-refractivity contribution in [2.75, 3.05) is 14.2 Å². The van der Waals surface area contributed by atoms with Crippen molar-refractivity contribution in [2.24, 2.45) is 0 Å². The Morgan fingerprint density at radius 3 is 2.00 bits per heavy atom. The van der Waals surface area contributed by atoms with Gasteiger partial charge in [-0.1, -0.05) is 37.8 Å². The number of hydrogen-bond acceptors (Lipinski definition) is 2. The summed E-state index contributed by atoms with van der Waals surface area (Å²) in [4.78, 5) is 0. The Bertz CT molecular complexity index is 416. The van der Waals surface area contributed by atoms with Crippen LogP contribution in [-0.4, -0.2) is 14.2 Å². The fourth-order valence-electron chi connectivity index (χ4n) is 1.29. The molecule has 0 spiro atoms. The minimum absolute atomic E-state index is 0. The average molecular weight is 456 g/mol. The molecule has 3 heteroatoms. The van der Waals surface area contributed by atoms with Crippen molar-refractivity contribution in [1.29, 1.82) is 0 Å². The van der Waals surface area contributed by atoms with Crippen molar-refractivity contribution in [3.8, 4) is 5.75 Å². The predicted octanol–water partition coefficient (Wildman–Crippen LogP) is 3.91. The number of fused-ring (bicyclic) bond motifs is 1. The van der Waals surface area contributed by atoms with E-state index in [1.807, 2.05) is 24.3 Å². The van der Waals surface area contributed by atoms with Crippen molar-refractivity contribution in [3.05, 3.63) is 49.6 Å². The molecule has 0 amide bonds. The third-order valence-electron chi connectivity index (χ3n) is 1.96. The van der Waals surface area contributed by atoms with Crippen molar-refractivity contribution < 1.29 is 39.4 Å². The molecule has 0 saturated heterocycles. The van der Waals surface area contributed by atoms with Gasteiger partial charge in [-0.15, -0.1) is 0 Å². The van der Waals surface area contributed by atoms with Crippen LogP contribution in [0.1, 0.15) is 7.43 Å². The Balaban J connectivity index is 0. The monoisotopic (exact) mass is 455 g/mol. The molecule has 1 radical (unpaired) electrons. The molecule has 0 bridgehead atoms. The smallest absolute Gasteiger partial charge is 0.119 e. The fourth-order valence-corrected chi connectivity index (χ4v) is 1.29. The standard InChI is InChI=1S/C11H10O.C2H5O.CH4.Np/c1-12-11-7-6-9-4-2-3-5-10(9)8-11;1-3-2;;/h2-8H,1H3;1H2,2H3;1H4;/q;-1;;. The molecule has 2 aromatic carbocycles. The minimum Gasteiger partial charge on any atom is -0.557 e. The van der Waals surface area contributed by atoms with E-state index < -0.39 is 0 Å². The molecule has 0 aliphatic rings. The molecule has 2 rings (SSSR count). The number of ether oxygens (including phenoxy) is 2. The quantitative estimate of drug-likeness (QED) is 0.607. The maximum atomic E-state index is 5.12. The summed E-state index contributed by atoms with van der Waals surface area (Å²) < 4.78 is 9.12. The molecular weight excluding hydrogens is 437 g/mol. The van der Waals surface area contributed by atoms with Gasteiger partial charge in [0.05, 0.1) is 7.11 Å². The van der Waals surface area contributed by atoms with Crippen LogP contribution in [0.2, 0.25) is 0 Å². The molecule has 2 aromatic rings. The molecule has 17 heavy (non-hydrogen) atoms. The van der Waals surface area contributed by atoms with Crippen LogP contribution >= 0.6 is 0 Å². The number of hydrogen-bond donors (Lipinski definition) is 0. The predicted molar refractivity (Wildman–Crippen MR) is 69.6 cm³/mol. The summed E-state index contributed by atoms with van der Waals surface area (Å²) in [6.07, 6.45) is 0. The SMILES string of the molecule is C.COc1ccc2ccccc2c1.[CH2-]OC.[Np]. The molecular formula is C14H19NpO2-. The van der Waals surface area contributed by atoms with Crippen molar-refractivity contribution in [3.63, 3.8) is 0 Å². The average Bonchev–Trinajstić information content (AvgIpc) is 2.29. The van der Waals surface area contributed by atoms with Gasteiger partial charge in [-0.2, -0.15) is 0 Å². The van der Waals surface area contributed by atoms with Gasteiger partial charge in [0.2, 0.25) is 0 Å². The third-order valence-corrected chi connectivity index (χ3v) is 1.96. The van der Waals surface area contributed by atoms with Crippen molar-refractivity contribution in [2.45, 2.75) is 7.43 Å². The topological polar surface area (TPSA) is 18.5 Å². The van der Waals surface area contributed by atoms with E-state index in [1.165, 1.54) is 17.9 Å². The third kappa shape index (κ3) is 6.09. The first kappa shape index (κ1) is 18.8. The zero-order valence-corrected chi connectivity index (χ0v) is 13.2. The number of benzene rings is 2. The second-order valence-electron chi connectivity index (χ2n) is 3.00. The van der Waals surface area contributed by atoms with Gasteiger partial charge in [-0.25, -0.2) is 7.11 Å². The molecule has 0 aliphatic heterocycles. The van der Waals surface area contributed by atoms with Crippen LogP contribution < -0.4 is 4.74 Å². The molecule has 0 heterocycles. The Morgan fingerprint density at radius 1 is 0.941 bits per heavy atom. The van der Waals surface area contributed by atoms with Crippen LogP contribution in [0.25, 0.3) is 10.8 Å². The van der Waals surface area contributed by atoms with E-state index in [-0.39, 0.29) is 37.4 Å². The molecule has 0 aliphatic carbocycles. The summed E-state index contributed by atoms with van der Waals surface area (Å²) in [6, 6.07) is 14.3. The first-order valence-corrected chi connectivity index (χ1v) is 4.62. The second-order valence-corrected chi connectivity index (χ2v) is 3.00. The van der Waals surface area contributed by atoms with Crippen molar-refractivity contribution in [1.82, 2.24) is 0 Å². The summed E-state index contributed by atoms with van der Waals surface area (Å²) >= 11 is 0. The Kier molecular flexibility index (Phi) is 11.8. The maximum Gasteiger partial charge on any atom is 0.119 e. The molecule has 0 saturated carbocycles. The molecule has 93 valence electrons. The molecule has 0 unspecified atom stereocenters. The molecule has 2 nitrogen and oxygen atoms in total. The zero-order valence-electron chi connectivity index (χ0n) is 9.51. The van der Waals surface area contributed by atoms with E-state index in [4.69, 9.17) is 4.74 Å². The fraction of sp³-hybridized carbons (Fsp3) is 0.214. The summed E-state index contributed by atoms with van der Waals surface area (Å²) in [6.45, 7) is 0. The van der Waals surface area contributed by atoms with Gasteiger partial charge in [-0.05, 0) is 30.0 Å². The van der Waals surface area contributed by atoms with Crippen LogP contribution in [0.3, 0.4) is 0 Å². The van der Waals surface area contributed by atoms with Gasteiger partial charge in [-0.3, -0.25) is 0 Å². The van der Waals surface area contributed by atoms with Crippen molar-refractivity contribution >= 4 is 10.8 Å². The van der Waals surface area contributed by atoms with Crippen LogP contribution in [0, 0.1) is 37.1 Å². The van der Waals surface area contributed by atoms with Crippen LogP contribution in [0.4, 0.5) is 0 Å². The number of rotatable bonds is 1. The van der Waals surface area contributed by atoms with Gasteiger partial charge >= 0.3 is 0 Å². The molecule has 0 N–H and O–H groups in total. The van der Waals surface area contributed by atoms with Gasteiger partial charge in [0.1, 0.15) is 5.75 Å². The van der Waals surface area contributed by atoms with Gasteiger partial charge in [0.15, 0.2) is 0 Å². The first-order valence-electron chi connectivity index (χ1n) is 4.62. The summed E-state index contributed by atoms with van der Waals surface area (Å²) in [7, 11) is 6.18. The minimum atomic E-state index is 0. The van der Waals surface area contributed by atoms with Gasteiger partial charge in [0.25, 0.3) is 0 Å². The van der Waals surface area contributed by atoms with Gasteiger partial charge in [0, 0.05) is 29.9 Å². The Hall–Kier alpha value is -0.527. The van der Waals surface area contributed by atoms with E-state index in [2.05, 4.69) is 30.0 Å². The molecule has 0 aromatic heterocycles. The molecule has 0 atom stereocenters. The summed E-state index contributed by atoms with van der Waals surface area (Å²) in [5.41, 5.74) is 0. The first-order chi connectivity index (χ1) is 7.31. The van der Waals surface area contributed by atoms with E-state index >= 15 is 0 Å². The van der Waals surface area contributed by atoms with Crippen LogP contribution in [-0.2, 0) is 4.74 Å². The summed E-state index contributed by atoms with van der Waals surface area (Å²) in [5.74, 6) is 0.911. The zero-order chi connectivity index (χ0) is 11.1. The largest absolute Gasteiger partial charge is 0.557 e. The number of methoxy groups -OCH3 is 2. The maximum absolute atomic E-state index is 5.12. The van der Waals surface area contributed by atoms with E-state index in [1.54, 1.807) is 7.11 Å². The van der Waals surface area contributed by atoms with E-state index in [9.17, 15) is 0 Å². The van der Waals surface area contributed by atoms with Crippen LogP contribution in [0.5, 0.6) is 5.75 Å². The van der Waals surface area contributed by atoms with Gasteiger partial charge < -0.3 is 9.47 Å². The Labute approximate surface area is 127 Å². The Morgan fingerprint density at radius 2 is 1.47 bits per heavy atom. The van der Waals surface area contributed by atoms with E-state index in [0.29, 0.717) is 0 Å². The van der Waals surface area contributed by atoms with Crippen LogP contribution in [0.15, 0.2) is 42.5 Å².